The second-order valence-corrected chi connectivity index (χ2v) is 8.11. The van der Waals surface area contributed by atoms with Crippen LogP contribution in [0.5, 0.6) is 11.5 Å². The van der Waals surface area contributed by atoms with Gasteiger partial charge in [0.25, 0.3) is 5.56 Å². The summed E-state index contributed by atoms with van der Waals surface area (Å²) in [4.78, 5) is 44.0. The van der Waals surface area contributed by atoms with Gasteiger partial charge in [-0.1, -0.05) is 29.4 Å². The van der Waals surface area contributed by atoms with Gasteiger partial charge in [-0.2, -0.15) is 4.98 Å². The van der Waals surface area contributed by atoms with Gasteiger partial charge in [0.05, 0.1) is 29.3 Å². The van der Waals surface area contributed by atoms with Crippen molar-refractivity contribution >= 4 is 16.9 Å². The lowest BCUT2D eigenvalue weighted by molar-refractivity contribution is 0.0600. The second kappa shape index (κ2) is 8.79. The zero-order valence-electron chi connectivity index (χ0n) is 19.4. The molecule has 0 radical (unpaired) electrons. The monoisotopic (exact) mass is 498 g/mol. The van der Waals surface area contributed by atoms with Gasteiger partial charge in [0.2, 0.25) is 18.5 Å². The van der Waals surface area contributed by atoms with Gasteiger partial charge in [0.15, 0.2) is 11.5 Å². The van der Waals surface area contributed by atoms with Gasteiger partial charge in [-0.3, -0.25) is 9.36 Å². The molecule has 0 spiro atoms. The Kier molecular flexibility index (Phi) is 5.29. The van der Waals surface area contributed by atoms with E-state index in [-0.39, 0.29) is 35.9 Å². The summed E-state index contributed by atoms with van der Waals surface area (Å²) in [6, 6.07) is 18.2. The smallest absolute Gasteiger partial charge is 0.339 e. The number of carbonyl (C=O) groups excluding carboxylic acids is 1. The fraction of sp³-hybridized carbons (Fsp3) is 0.115. The number of benzene rings is 3. The van der Waals surface area contributed by atoms with E-state index in [1.165, 1.54) is 23.8 Å². The average Bonchev–Trinajstić information content (AvgIpc) is 3.60. The Morgan fingerprint density at radius 1 is 1.00 bits per heavy atom. The third-order valence-corrected chi connectivity index (χ3v) is 5.99. The van der Waals surface area contributed by atoms with Crippen LogP contribution in [-0.2, 0) is 11.3 Å². The zero-order valence-corrected chi connectivity index (χ0v) is 19.4. The van der Waals surface area contributed by atoms with Crippen molar-refractivity contribution in [2.75, 3.05) is 13.9 Å². The normalized spacial score (nSPS) is 12.1. The number of fused-ring (bicyclic) bond motifs is 2. The molecule has 0 bridgehead atoms. The molecular weight excluding hydrogens is 480 g/mol. The van der Waals surface area contributed by atoms with Gasteiger partial charge in [0.1, 0.15) is 6.54 Å². The minimum Gasteiger partial charge on any atom is -0.465 e. The molecule has 1 aliphatic rings. The first-order valence-corrected chi connectivity index (χ1v) is 11.2. The molecule has 11 heteroatoms. The van der Waals surface area contributed by atoms with Gasteiger partial charge in [-0.15, -0.1) is 0 Å². The number of esters is 1. The summed E-state index contributed by atoms with van der Waals surface area (Å²) in [5.74, 6) is 0.968. The first kappa shape index (κ1) is 22.3. The number of ether oxygens (including phenoxy) is 3. The fourth-order valence-corrected chi connectivity index (χ4v) is 4.24. The summed E-state index contributed by atoms with van der Waals surface area (Å²) in [5, 5.41) is 4.31. The van der Waals surface area contributed by atoms with Gasteiger partial charge in [-0.05, 0) is 42.5 Å². The van der Waals surface area contributed by atoms with Gasteiger partial charge < -0.3 is 18.7 Å². The lowest BCUT2D eigenvalue weighted by Gasteiger charge is -2.14. The van der Waals surface area contributed by atoms with Crippen molar-refractivity contribution < 1.29 is 23.5 Å². The number of para-hydroxylation sites is 2. The van der Waals surface area contributed by atoms with Crippen LogP contribution < -0.4 is 20.7 Å². The molecule has 0 aliphatic carbocycles. The van der Waals surface area contributed by atoms with Crippen LogP contribution in [0.15, 0.2) is 80.8 Å². The fourth-order valence-electron chi connectivity index (χ4n) is 4.24. The Hall–Kier alpha value is -5.19. The molecule has 0 unspecified atom stereocenters. The Morgan fingerprint density at radius 2 is 1.78 bits per heavy atom. The third-order valence-electron chi connectivity index (χ3n) is 5.99. The van der Waals surface area contributed by atoms with Gasteiger partial charge >= 0.3 is 11.7 Å². The maximum atomic E-state index is 13.7. The van der Waals surface area contributed by atoms with E-state index in [1.807, 2.05) is 0 Å². The number of rotatable bonds is 5. The molecule has 0 saturated carbocycles. The van der Waals surface area contributed by atoms with Crippen molar-refractivity contribution in [3.8, 4) is 28.6 Å². The highest BCUT2D eigenvalue weighted by Gasteiger charge is 2.22. The number of aromatic nitrogens is 4. The standard InChI is InChI=1S/C26H18N4O7/c1-34-25(32)17-7-3-5-9-19(17)30-24(31)16-6-2-4-8-18(16)29(26(30)33)13-22-27-23(28-37-22)15-10-11-20-21(12-15)36-14-35-20/h2-12H,13-14H2,1H3. The Bertz CT molecular complexity index is 1800. The molecule has 2 aromatic heterocycles. The molecule has 6 rings (SSSR count). The van der Waals surface area contributed by atoms with Crippen molar-refractivity contribution in [1.82, 2.24) is 19.3 Å². The molecule has 0 amide bonds. The molecule has 0 atom stereocenters. The topological polar surface area (TPSA) is 128 Å². The number of hydrogen-bond donors (Lipinski definition) is 0. The van der Waals surface area contributed by atoms with Crippen molar-refractivity contribution in [2.45, 2.75) is 6.54 Å². The van der Waals surface area contributed by atoms with Crippen molar-refractivity contribution in [3.05, 3.63) is 99.0 Å². The van der Waals surface area contributed by atoms with Crippen LogP contribution in [0, 0.1) is 0 Å². The first-order valence-electron chi connectivity index (χ1n) is 11.2. The highest BCUT2D eigenvalue weighted by molar-refractivity contribution is 5.93. The summed E-state index contributed by atoms with van der Waals surface area (Å²) in [5.41, 5.74) is -0.0347. The zero-order chi connectivity index (χ0) is 25.5. The minimum atomic E-state index is -0.678. The van der Waals surface area contributed by atoms with Crippen LogP contribution in [0.1, 0.15) is 16.2 Å². The average molecular weight is 498 g/mol. The molecule has 37 heavy (non-hydrogen) atoms. The molecule has 3 aromatic carbocycles. The largest absolute Gasteiger partial charge is 0.465 e. The summed E-state index contributed by atoms with van der Waals surface area (Å²) < 4.78 is 23.3. The van der Waals surface area contributed by atoms with E-state index in [9.17, 15) is 14.4 Å². The lowest BCUT2D eigenvalue weighted by atomic mass is 10.1. The summed E-state index contributed by atoms with van der Waals surface area (Å²) in [7, 11) is 1.23. The minimum absolute atomic E-state index is 0.0777. The van der Waals surface area contributed by atoms with Crippen LogP contribution >= 0.6 is 0 Å². The number of hydrogen-bond acceptors (Lipinski definition) is 9. The molecule has 1 aliphatic heterocycles. The van der Waals surface area contributed by atoms with E-state index in [0.29, 0.717) is 28.4 Å². The summed E-state index contributed by atoms with van der Waals surface area (Å²) >= 11 is 0. The van der Waals surface area contributed by atoms with E-state index in [0.717, 1.165) is 4.57 Å². The van der Waals surface area contributed by atoms with Crippen LogP contribution in [0.2, 0.25) is 0 Å². The van der Waals surface area contributed by atoms with E-state index >= 15 is 0 Å². The first-order chi connectivity index (χ1) is 18.0. The molecule has 0 saturated heterocycles. The molecular formula is C26H18N4O7. The van der Waals surface area contributed by atoms with E-state index in [1.54, 1.807) is 54.6 Å². The van der Waals surface area contributed by atoms with E-state index in [4.69, 9.17) is 18.7 Å². The molecule has 11 nitrogen and oxygen atoms in total. The summed E-state index contributed by atoms with van der Waals surface area (Å²) in [6.07, 6.45) is 0. The number of carbonyl (C=O) groups is 1. The van der Waals surface area contributed by atoms with Crippen LogP contribution in [0.25, 0.3) is 28.0 Å². The van der Waals surface area contributed by atoms with E-state index in [2.05, 4.69) is 10.1 Å². The van der Waals surface area contributed by atoms with E-state index < -0.39 is 17.2 Å². The van der Waals surface area contributed by atoms with Crippen molar-refractivity contribution in [1.29, 1.82) is 0 Å². The maximum Gasteiger partial charge on any atom is 0.339 e. The van der Waals surface area contributed by atoms with Gasteiger partial charge in [0, 0.05) is 5.56 Å². The number of nitrogens with zero attached hydrogens (tertiary/aromatic N) is 4. The molecule has 0 N–H and O–H groups in total. The number of methoxy groups -OCH3 is 1. The highest BCUT2D eigenvalue weighted by atomic mass is 16.7. The molecule has 184 valence electrons. The Labute approximate surface area is 208 Å². The quantitative estimate of drug-likeness (QED) is 0.336. The SMILES string of the molecule is COC(=O)c1ccccc1-n1c(=O)c2ccccc2n(Cc2nc(-c3ccc4c(c3)OCO4)no2)c1=O. The Morgan fingerprint density at radius 3 is 2.65 bits per heavy atom. The molecule has 5 aromatic rings. The van der Waals surface area contributed by atoms with Crippen molar-refractivity contribution in [2.24, 2.45) is 0 Å². The third kappa shape index (κ3) is 3.73. The predicted octanol–water partition coefficient (Wildman–Crippen LogP) is 2.77. The predicted molar refractivity (Wildman–Crippen MR) is 130 cm³/mol. The van der Waals surface area contributed by atoms with Crippen LogP contribution in [-0.4, -0.2) is 39.1 Å². The van der Waals surface area contributed by atoms with Gasteiger partial charge in [-0.25, -0.2) is 14.2 Å². The highest BCUT2D eigenvalue weighted by Crippen LogP contribution is 2.35. The maximum absolute atomic E-state index is 13.7. The van der Waals surface area contributed by atoms with Crippen LogP contribution in [0.4, 0.5) is 0 Å². The van der Waals surface area contributed by atoms with Crippen molar-refractivity contribution in [3.63, 3.8) is 0 Å². The second-order valence-electron chi connectivity index (χ2n) is 8.11. The Balaban J connectivity index is 1.48. The van der Waals surface area contributed by atoms with Crippen LogP contribution in [0.3, 0.4) is 0 Å². The molecule has 3 heterocycles. The lowest BCUT2D eigenvalue weighted by Crippen LogP contribution is -2.40. The summed E-state index contributed by atoms with van der Waals surface area (Å²) in [6.45, 7) is 0.0264. The molecule has 0 fully saturated rings.